The minimum Gasteiger partial charge on any atom is -0.497 e. The molecule has 0 fully saturated rings. The van der Waals surface area contributed by atoms with Crippen molar-refractivity contribution in [3.63, 3.8) is 0 Å². The molecule has 0 aliphatic heterocycles. The second-order valence-electron chi connectivity index (χ2n) is 7.51. The molecule has 0 saturated carbocycles. The third kappa shape index (κ3) is 4.44. The molecule has 0 aliphatic rings. The summed E-state index contributed by atoms with van der Waals surface area (Å²) in [5, 5.41) is 13.2. The first-order valence-electron chi connectivity index (χ1n) is 10.4. The Labute approximate surface area is 185 Å². The van der Waals surface area contributed by atoms with E-state index in [9.17, 15) is 0 Å². The number of ether oxygens (including phenoxy) is 1. The van der Waals surface area contributed by atoms with Crippen LogP contribution in [0.25, 0.3) is 11.0 Å². The third-order valence-electron chi connectivity index (χ3n) is 5.25. The van der Waals surface area contributed by atoms with Crippen molar-refractivity contribution in [2.45, 2.75) is 19.6 Å². The van der Waals surface area contributed by atoms with Crippen molar-refractivity contribution in [3.05, 3.63) is 96.2 Å². The van der Waals surface area contributed by atoms with Gasteiger partial charge in [-0.05, 0) is 34.9 Å². The molecule has 3 aromatic heterocycles. The number of rotatable bonds is 8. The van der Waals surface area contributed by atoms with Crippen molar-refractivity contribution < 1.29 is 4.74 Å². The Kier molecular flexibility index (Phi) is 5.48. The van der Waals surface area contributed by atoms with Crippen molar-refractivity contribution in [2.24, 2.45) is 0 Å². The fourth-order valence-corrected chi connectivity index (χ4v) is 3.55. The quantitative estimate of drug-likeness (QED) is 0.408. The van der Waals surface area contributed by atoms with Gasteiger partial charge in [0.2, 0.25) is 0 Å². The van der Waals surface area contributed by atoms with Crippen LogP contribution in [-0.2, 0) is 19.6 Å². The standard InChI is InChI=1S/C24H23N7O/c1-32-21-9-7-18(8-10-21)13-25-23-22-16-31(29-24(22)27-17-26-23)15-20-5-3-19(4-6-20)14-30-12-2-11-28-30/h2-12,16-17H,13-15H2,1H3,(H,25,26,27,29). The summed E-state index contributed by atoms with van der Waals surface area (Å²) in [6.07, 6.45) is 7.29. The van der Waals surface area contributed by atoms with Crippen LogP contribution in [-0.4, -0.2) is 36.6 Å². The number of anilines is 1. The summed E-state index contributed by atoms with van der Waals surface area (Å²) in [6, 6.07) is 18.4. The molecule has 0 spiro atoms. The zero-order chi connectivity index (χ0) is 21.8. The maximum atomic E-state index is 5.22. The predicted octanol–water partition coefficient (Wildman–Crippen LogP) is 3.74. The summed E-state index contributed by atoms with van der Waals surface area (Å²) in [5.41, 5.74) is 4.19. The van der Waals surface area contributed by atoms with Crippen molar-refractivity contribution in [1.82, 2.24) is 29.5 Å². The lowest BCUT2D eigenvalue weighted by atomic mass is 10.1. The van der Waals surface area contributed by atoms with Gasteiger partial charge < -0.3 is 10.1 Å². The van der Waals surface area contributed by atoms with Gasteiger partial charge in [-0.1, -0.05) is 36.4 Å². The lowest BCUT2D eigenvalue weighted by Crippen LogP contribution is -2.02. The van der Waals surface area contributed by atoms with Gasteiger partial charge in [0.15, 0.2) is 5.65 Å². The summed E-state index contributed by atoms with van der Waals surface area (Å²) >= 11 is 0. The summed E-state index contributed by atoms with van der Waals surface area (Å²) in [6.45, 7) is 2.08. The van der Waals surface area contributed by atoms with Gasteiger partial charge in [-0.3, -0.25) is 9.36 Å². The zero-order valence-electron chi connectivity index (χ0n) is 17.7. The Morgan fingerprint density at radius 3 is 2.28 bits per heavy atom. The highest BCUT2D eigenvalue weighted by Crippen LogP contribution is 2.20. The molecule has 1 N–H and O–H groups in total. The van der Waals surface area contributed by atoms with Crippen LogP contribution in [0.1, 0.15) is 16.7 Å². The summed E-state index contributed by atoms with van der Waals surface area (Å²) < 4.78 is 9.03. The number of nitrogens with zero attached hydrogens (tertiary/aromatic N) is 6. The van der Waals surface area contributed by atoms with E-state index in [-0.39, 0.29) is 0 Å². The number of hydrogen-bond acceptors (Lipinski definition) is 6. The van der Waals surface area contributed by atoms with Gasteiger partial charge in [0.1, 0.15) is 17.9 Å². The predicted molar refractivity (Wildman–Crippen MR) is 123 cm³/mol. The lowest BCUT2D eigenvalue weighted by molar-refractivity contribution is 0.414. The molecule has 0 amide bonds. The Hall–Kier alpha value is -4.20. The van der Waals surface area contributed by atoms with Crippen LogP contribution in [0.2, 0.25) is 0 Å². The number of fused-ring (bicyclic) bond motifs is 1. The molecule has 32 heavy (non-hydrogen) atoms. The van der Waals surface area contributed by atoms with E-state index >= 15 is 0 Å². The van der Waals surface area contributed by atoms with Crippen LogP contribution in [0.4, 0.5) is 5.82 Å². The van der Waals surface area contributed by atoms with Crippen LogP contribution in [0.5, 0.6) is 5.75 Å². The molecule has 0 radical (unpaired) electrons. The molecule has 3 heterocycles. The van der Waals surface area contributed by atoms with Crippen molar-refractivity contribution in [2.75, 3.05) is 12.4 Å². The topological polar surface area (TPSA) is 82.7 Å². The average Bonchev–Trinajstić information content (AvgIpc) is 3.49. The zero-order valence-corrected chi connectivity index (χ0v) is 17.7. The molecule has 160 valence electrons. The molecule has 0 atom stereocenters. The van der Waals surface area contributed by atoms with Gasteiger partial charge in [-0.25, -0.2) is 9.97 Å². The Morgan fingerprint density at radius 1 is 0.875 bits per heavy atom. The van der Waals surface area contributed by atoms with Crippen LogP contribution >= 0.6 is 0 Å². The van der Waals surface area contributed by atoms with Crippen LogP contribution < -0.4 is 10.1 Å². The minimum absolute atomic E-state index is 0.652. The van der Waals surface area contributed by atoms with E-state index in [0.29, 0.717) is 18.7 Å². The number of hydrogen-bond donors (Lipinski definition) is 1. The van der Waals surface area contributed by atoms with E-state index in [0.717, 1.165) is 29.1 Å². The first-order valence-corrected chi connectivity index (χ1v) is 10.4. The fourth-order valence-electron chi connectivity index (χ4n) is 3.55. The first kappa shape index (κ1) is 19.7. The van der Waals surface area contributed by atoms with Gasteiger partial charge in [0.05, 0.1) is 25.6 Å². The Morgan fingerprint density at radius 2 is 1.59 bits per heavy atom. The van der Waals surface area contributed by atoms with E-state index in [1.54, 1.807) is 19.6 Å². The molecule has 0 unspecified atom stereocenters. The monoisotopic (exact) mass is 425 g/mol. The number of aromatic nitrogens is 6. The molecule has 5 rings (SSSR count). The SMILES string of the molecule is COc1ccc(CNc2ncnc3nn(Cc4ccc(Cn5cccn5)cc4)cc23)cc1. The third-order valence-corrected chi connectivity index (χ3v) is 5.25. The highest BCUT2D eigenvalue weighted by atomic mass is 16.5. The summed E-state index contributed by atoms with van der Waals surface area (Å²) in [5.74, 6) is 1.61. The lowest BCUT2D eigenvalue weighted by Gasteiger charge is -2.07. The molecule has 0 saturated heterocycles. The van der Waals surface area contributed by atoms with Gasteiger partial charge in [-0.2, -0.15) is 10.2 Å². The smallest absolute Gasteiger partial charge is 0.186 e. The van der Waals surface area contributed by atoms with Crippen LogP contribution in [0.15, 0.2) is 79.5 Å². The maximum absolute atomic E-state index is 5.22. The number of methoxy groups -OCH3 is 1. The van der Waals surface area contributed by atoms with Gasteiger partial charge in [-0.15, -0.1) is 0 Å². The maximum Gasteiger partial charge on any atom is 0.186 e. The van der Waals surface area contributed by atoms with E-state index in [1.807, 2.05) is 52.1 Å². The number of nitrogens with one attached hydrogen (secondary N) is 1. The van der Waals surface area contributed by atoms with Crippen molar-refractivity contribution >= 4 is 16.9 Å². The summed E-state index contributed by atoms with van der Waals surface area (Å²) in [7, 11) is 1.66. The minimum atomic E-state index is 0.652. The fraction of sp³-hybridized carbons (Fsp3) is 0.167. The van der Waals surface area contributed by atoms with Crippen molar-refractivity contribution in [1.29, 1.82) is 0 Å². The van der Waals surface area contributed by atoms with Gasteiger partial charge >= 0.3 is 0 Å². The first-order chi connectivity index (χ1) is 15.8. The van der Waals surface area contributed by atoms with Gasteiger partial charge in [0, 0.05) is 25.1 Å². The molecule has 2 aromatic carbocycles. The molecule has 0 aliphatic carbocycles. The second kappa shape index (κ2) is 8.89. The van der Waals surface area contributed by atoms with Crippen LogP contribution in [0.3, 0.4) is 0 Å². The molecule has 8 heteroatoms. The average molecular weight is 425 g/mol. The molecule has 5 aromatic rings. The molecule has 0 bridgehead atoms. The van der Waals surface area contributed by atoms with E-state index < -0.39 is 0 Å². The highest BCUT2D eigenvalue weighted by molar-refractivity contribution is 5.85. The van der Waals surface area contributed by atoms with Crippen molar-refractivity contribution in [3.8, 4) is 5.75 Å². The van der Waals surface area contributed by atoms with E-state index in [2.05, 4.69) is 49.7 Å². The summed E-state index contributed by atoms with van der Waals surface area (Å²) in [4.78, 5) is 8.74. The Balaban J connectivity index is 1.28. The largest absolute Gasteiger partial charge is 0.497 e. The normalized spacial score (nSPS) is 11.0. The second-order valence-corrected chi connectivity index (χ2v) is 7.51. The Bertz CT molecular complexity index is 1290. The highest BCUT2D eigenvalue weighted by Gasteiger charge is 2.09. The van der Waals surface area contributed by atoms with Crippen LogP contribution in [0, 0.1) is 0 Å². The molecular weight excluding hydrogens is 402 g/mol. The molecule has 8 nitrogen and oxygen atoms in total. The number of benzene rings is 2. The molecular formula is C24H23N7O. The van der Waals surface area contributed by atoms with Gasteiger partial charge in [0.25, 0.3) is 0 Å². The van der Waals surface area contributed by atoms with E-state index in [4.69, 9.17) is 4.74 Å². The van der Waals surface area contributed by atoms with E-state index in [1.165, 1.54) is 11.1 Å².